The third-order valence-corrected chi connectivity index (χ3v) is 24.1. The van der Waals surface area contributed by atoms with Crippen molar-refractivity contribution in [1.29, 1.82) is 0 Å². The van der Waals surface area contributed by atoms with Crippen LogP contribution in [0.25, 0.3) is 0 Å². The number of aliphatic carboxylic acids is 3. The van der Waals surface area contributed by atoms with E-state index in [9.17, 15) is 137 Å². The van der Waals surface area contributed by atoms with Gasteiger partial charge in [0.1, 0.15) is 29.1 Å². The molecule has 0 radical (unpaired) electrons. The number of nitrogens with zero attached hydrogens (tertiary/aromatic N) is 1. The van der Waals surface area contributed by atoms with E-state index < -0.39 is 280 Å². The highest BCUT2D eigenvalue weighted by molar-refractivity contribution is 8.00. The van der Waals surface area contributed by atoms with Gasteiger partial charge in [-0.05, 0) is 157 Å². The highest BCUT2D eigenvalue weighted by Gasteiger charge is 2.41. The van der Waals surface area contributed by atoms with Crippen molar-refractivity contribution in [1.82, 2.24) is 41.8 Å². The van der Waals surface area contributed by atoms with Crippen molar-refractivity contribution < 1.29 is 132 Å². The number of carbonyl (C=O) groups excluding carboxylic acids is 15. The second-order valence-corrected chi connectivity index (χ2v) is 35.9. The van der Waals surface area contributed by atoms with Crippen molar-refractivity contribution in [2.75, 3.05) is 37.8 Å². The number of rotatable bonds is 67. The van der Waals surface area contributed by atoms with Gasteiger partial charge in [-0.15, -0.1) is 11.8 Å². The molecular formula is C95H133N9O28S. The molecule has 0 bridgehead atoms. The highest BCUT2D eigenvalue weighted by atomic mass is 32.2. The minimum Gasteiger partial charge on any atom is -0.508 e. The maximum Gasteiger partial charge on any atom is 0.304 e. The first kappa shape index (κ1) is 114. The first-order chi connectivity index (χ1) is 62.8. The number of amides is 7. The number of carboxylic acid groups (broad SMARTS) is 3. The molecule has 0 spiro atoms. The van der Waals surface area contributed by atoms with E-state index in [1.807, 2.05) is 6.07 Å². The maximum absolute atomic E-state index is 14.9. The Morgan fingerprint density at radius 3 is 1.43 bits per heavy atom. The average molecular weight is 1880 g/mol. The topological polar surface area (TPSA) is 622 Å². The Morgan fingerprint density at radius 2 is 0.910 bits per heavy atom. The Labute approximate surface area is 777 Å². The third kappa shape index (κ3) is 41.6. The van der Waals surface area contributed by atoms with Crippen LogP contribution in [0.5, 0.6) is 11.5 Å². The minimum absolute atomic E-state index is 0.0251. The van der Waals surface area contributed by atoms with Crippen molar-refractivity contribution in [2.45, 2.75) is 252 Å². The second-order valence-electron chi connectivity index (χ2n) is 34.9. The van der Waals surface area contributed by atoms with Gasteiger partial charge in [-0.1, -0.05) is 95.1 Å². The number of carbonyl (C=O) groups is 18. The van der Waals surface area contributed by atoms with Crippen molar-refractivity contribution in [3.8, 4) is 11.5 Å². The van der Waals surface area contributed by atoms with Crippen LogP contribution in [0, 0.1) is 67.1 Å². The van der Waals surface area contributed by atoms with Crippen LogP contribution in [-0.2, 0) is 112 Å². The van der Waals surface area contributed by atoms with Gasteiger partial charge in [0, 0.05) is 94.0 Å². The van der Waals surface area contributed by atoms with Gasteiger partial charge in [0.25, 0.3) is 5.56 Å². The van der Waals surface area contributed by atoms with E-state index in [-0.39, 0.29) is 90.4 Å². The summed E-state index contributed by atoms with van der Waals surface area (Å²) in [5, 5.41) is 111. The van der Waals surface area contributed by atoms with Gasteiger partial charge < -0.3 is 93.5 Å². The lowest BCUT2D eigenvalue weighted by Gasteiger charge is -2.28. The molecule has 0 aliphatic carbocycles. The van der Waals surface area contributed by atoms with Gasteiger partial charge in [-0.2, -0.15) is 0 Å². The number of aliphatic hydroxyl groups excluding tert-OH is 4. The normalized spacial score (nSPS) is 15.0. The van der Waals surface area contributed by atoms with Crippen LogP contribution < -0.4 is 48.5 Å². The SMILES string of the molecule is CC[C@H](C)[C@H](NC(=O)[C@H](CO)CC(=O)[C@H](Cc1ccc(O)cc1)NC(=O)[C@H](CC(=O)O)CC(=O)[C@H](CO)NC(=O)[C@@H](CC(=O)[C@H](Cc1ccccc1)NC(=O)[C@@H](CC(=O)CNC(=O)[C@H](CCC(=O)O)CC(=O)CSCC(=O)CCCn1c(C)cc(C)cc1=O)[C@@H](C)O)[C@@H](C)O)C(=O)C[C@@H](Cc1ccc(O)cc1)C(=O)N[C@@H](CC(C)C)C(=O)C[C@@H](CC(=O)O)C(=O)N[C@H](C)CCCCN. The maximum atomic E-state index is 14.9. The fourth-order valence-corrected chi connectivity index (χ4v) is 16.0. The number of benzene rings is 3. The molecular weight excluding hydrogens is 1750 g/mol. The van der Waals surface area contributed by atoms with Crippen LogP contribution in [0.4, 0.5) is 0 Å². The summed E-state index contributed by atoms with van der Waals surface area (Å²) in [6.45, 7) is 12.0. The van der Waals surface area contributed by atoms with Crippen LogP contribution in [0.1, 0.15) is 192 Å². The van der Waals surface area contributed by atoms with Crippen LogP contribution in [0.2, 0.25) is 0 Å². The zero-order valence-electron chi connectivity index (χ0n) is 77.0. The highest BCUT2D eigenvalue weighted by Crippen LogP contribution is 2.27. The van der Waals surface area contributed by atoms with Gasteiger partial charge in [-0.3, -0.25) is 91.1 Å². The quantitative estimate of drug-likeness (QED) is 0.0281. The van der Waals surface area contributed by atoms with Crippen LogP contribution >= 0.6 is 11.8 Å². The van der Waals surface area contributed by atoms with E-state index in [2.05, 4.69) is 37.2 Å². The second kappa shape index (κ2) is 58.4. The summed E-state index contributed by atoms with van der Waals surface area (Å²) in [4.78, 5) is 260. The lowest BCUT2D eigenvalue weighted by molar-refractivity contribution is -0.143. The monoisotopic (exact) mass is 1880 g/mol. The first-order valence-corrected chi connectivity index (χ1v) is 46.0. The third-order valence-electron chi connectivity index (χ3n) is 23.0. The molecule has 4 aromatic rings. The molecule has 0 fully saturated rings. The summed E-state index contributed by atoms with van der Waals surface area (Å²) in [7, 11) is 0. The predicted molar refractivity (Wildman–Crippen MR) is 488 cm³/mol. The number of unbranched alkanes of at least 4 members (excludes halogenated alkanes) is 1. The van der Waals surface area contributed by atoms with Gasteiger partial charge in [-0.25, -0.2) is 0 Å². The summed E-state index contributed by atoms with van der Waals surface area (Å²) in [5.74, 6) is -29.8. The minimum atomic E-state index is -1.99. The number of aromatic nitrogens is 1. The van der Waals surface area contributed by atoms with Gasteiger partial charge in [0.05, 0.1) is 110 Å². The summed E-state index contributed by atoms with van der Waals surface area (Å²) < 4.78 is 1.55. The fourth-order valence-electron chi connectivity index (χ4n) is 15.2. The molecule has 18 N–H and O–H groups in total. The summed E-state index contributed by atoms with van der Waals surface area (Å²) in [6, 6.07) is 13.8. The number of thioether (sulfide) groups is 1. The molecule has 16 atom stereocenters. The van der Waals surface area contributed by atoms with E-state index in [1.54, 1.807) is 83.4 Å². The van der Waals surface area contributed by atoms with Gasteiger partial charge >= 0.3 is 17.9 Å². The molecule has 0 aliphatic heterocycles. The zero-order valence-corrected chi connectivity index (χ0v) is 77.8. The van der Waals surface area contributed by atoms with E-state index in [4.69, 9.17) is 5.73 Å². The molecule has 0 unspecified atom stereocenters. The van der Waals surface area contributed by atoms with Crippen molar-refractivity contribution in [3.05, 3.63) is 129 Å². The largest absolute Gasteiger partial charge is 0.508 e. The molecule has 37 nitrogen and oxygen atoms in total. The van der Waals surface area contributed by atoms with Crippen LogP contribution in [0.3, 0.4) is 0 Å². The number of phenolic OH excluding ortho intramolecular Hbond substituents is 2. The molecule has 4 rings (SSSR count). The summed E-state index contributed by atoms with van der Waals surface area (Å²) >= 11 is 0.989. The standard InChI is InChI=1S/C95H133N9O28S/c1-10-55(5)88(83(118)42-64(36-61-21-26-68(109)27-22-61)91(128)99-75(33-53(2)3)79(114)40-65(44-86(122)123)90(127)98-56(6)17-14-15-31-96)103-93(130)67(49-105)43-80(115)76(38-62-23-28-69(110)29-24-62)100-92(129)66(45-87(124)125)41-81(116)78(50-106)102-95(132)74(59(9)108)47-82(117)77(37-60-18-12-11-13-19-60)101-94(131)73(58(8)107)46-71(112)48-97-89(126)63(25-30-85(120)121)39-72(113)52-133-51-70(111)20-16-32-104-57(7)34-54(4)35-84(104)119/h11-13,18-19,21-24,26-29,34-35,53,55-56,58-59,63-67,73-78,88,105-110H,10,14-17,20,25,30-33,36-52,96H2,1-9H3,(H,97,126)(H,98,127)(H,99,128)(H,100,129)(H,101,131)(H,102,132)(H,103,130)(H,120,121)(H,122,123)(H,124,125)/t55-,56+,58+,59+,63+,64+,65-,66-,67-,73-,74-,75-,76-,77-,78-,88-/m0/s1. The molecule has 133 heavy (non-hydrogen) atoms. The smallest absolute Gasteiger partial charge is 0.304 e. The Bertz CT molecular complexity index is 4680. The average Bonchev–Trinajstić information content (AvgIpc) is 0.865. The number of nitrogens with one attached hydrogen (secondary N) is 7. The number of aliphatic hydroxyl groups is 4. The van der Waals surface area contributed by atoms with E-state index in [0.717, 1.165) is 36.9 Å². The number of hydrogen-bond acceptors (Lipinski definition) is 27. The van der Waals surface area contributed by atoms with Crippen molar-refractivity contribution in [2.24, 2.45) is 59.0 Å². The molecule has 38 heteroatoms. The fraction of sp³-hybridized carbons (Fsp3) is 0.568. The number of aromatic hydroxyl groups is 2. The number of ketones is 8. The molecule has 1 heterocycles. The Balaban J connectivity index is 1.52. The van der Waals surface area contributed by atoms with E-state index >= 15 is 0 Å². The Morgan fingerprint density at radius 1 is 0.436 bits per heavy atom. The van der Waals surface area contributed by atoms with Crippen LogP contribution in [0.15, 0.2) is 95.8 Å². The number of pyridine rings is 1. The van der Waals surface area contributed by atoms with E-state index in [0.29, 0.717) is 49.9 Å². The van der Waals surface area contributed by atoms with Gasteiger partial charge in [0.2, 0.25) is 41.4 Å². The van der Waals surface area contributed by atoms with Crippen LogP contribution in [-0.4, -0.2) is 242 Å². The number of phenols is 2. The first-order valence-electron chi connectivity index (χ1n) is 44.8. The summed E-state index contributed by atoms with van der Waals surface area (Å²) in [5.41, 5.74) is 8.12. The van der Waals surface area contributed by atoms with Crippen molar-refractivity contribution >= 4 is 117 Å². The number of nitrogens with two attached hydrogens (primary N) is 1. The molecule has 732 valence electrons. The Kier molecular flexibility index (Phi) is 50.0. The van der Waals surface area contributed by atoms with Gasteiger partial charge in [0.15, 0.2) is 34.7 Å². The zero-order chi connectivity index (χ0) is 99.5. The molecule has 0 aliphatic rings. The molecule has 7 amide bonds. The molecule has 3 aromatic carbocycles. The molecule has 0 saturated heterocycles. The summed E-state index contributed by atoms with van der Waals surface area (Å²) in [6.07, 6.45) is -9.64. The lowest BCUT2D eigenvalue weighted by Crippen LogP contribution is -2.52. The Hall–Kier alpha value is -11.6. The van der Waals surface area contributed by atoms with Crippen molar-refractivity contribution in [3.63, 3.8) is 0 Å². The predicted octanol–water partition coefficient (Wildman–Crippen LogP) is 3.54. The number of carboxylic acids is 3. The lowest BCUT2D eigenvalue weighted by atomic mass is 9.85. The molecule has 0 saturated carbocycles. The number of aryl methyl sites for hydroxylation is 2. The van der Waals surface area contributed by atoms with E-state index in [1.165, 1.54) is 54.6 Å². The molecule has 1 aromatic heterocycles. The number of Topliss-reactive ketones (excluding diaryl/α,β-unsaturated/α-hetero) is 8. The number of hydrogen-bond donors (Lipinski definition) is 17.